The Morgan fingerprint density at radius 3 is 2.64 bits per heavy atom. The second-order valence-corrected chi connectivity index (χ2v) is 11.4. The molecular weight excluding hydrogens is 518 g/mol. The second kappa shape index (κ2) is 11.2. The standard InChI is InChI=1S/C27H35N7O4S/c1-8-9-10-28-23(35)17-11-18-20-22(33(32-18)13-19-16(3)21(38-7)15(2)12-29-19)30-25(31-24(20)39-14-17)34(26(36)37)27(4,5)6/h11-12H,8-10,13-14H2,1-7H3,(H,28,35)(H,36,37). The highest BCUT2D eigenvalue weighted by atomic mass is 32.2. The molecule has 0 atom stereocenters. The first kappa shape index (κ1) is 28.3. The van der Waals surface area contributed by atoms with Gasteiger partial charge in [-0.05, 0) is 47.1 Å². The molecule has 12 heteroatoms. The first-order valence-electron chi connectivity index (χ1n) is 12.9. The molecule has 11 nitrogen and oxygen atoms in total. The van der Waals surface area contributed by atoms with Crippen molar-refractivity contribution < 1.29 is 19.4 Å². The average molecular weight is 554 g/mol. The largest absolute Gasteiger partial charge is 0.496 e. The van der Waals surface area contributed by atoms with Crippen LogP contribution in [0.4, 0.5) is 10.7 Å². The number of amides is 2. The van der Waals surface area contributed by atoms with Crippen molar-refractivity contribution in [3.8, 4) is 5.75 Å². The molecule has 0 unspecified atom stereocenters. The number of carbonyl (C=O) groups is 2. The summed E-state index contributed by atoms with van der Waals surface area (Å²) in [7, 11) is 1.63. The van der Waals surface area contributed by atoms with Gasteiger partial charge in [0.15, 0.2) is 5.65 Å². The van der Waals surface area contributed by atoms with E-state index in [1.165, 1.54) is 11.8 Å². The Labute approximate surface area is 232 Å². The van der Waals surface area contributed by atoms with Crippen LogP contribution in [0.5, 0.6) is 5.75 Å². The van der Waals surface area contributed by atoms with Crippen molar-refractivity contribution in [2.24, 2.45) is 0 Å². The average Bonchev–Trinajstić information content (AvgIpc) is 3.07. The van der Waals surface area contributed by atoms with Gasteiger partial charge in [-0.15, -0.1) is 11.8 Å². The summed E-state index contributed by atoms with van der Waals surface area (Å²) >= 11 is 1.37. The van der Waals surface area contributed by atoms with Crippen LogP contribution in [0.25, 0.3) is 17.1 Å². The number of methoxy groups -OCH3 is 1. The number of hydrogen-bond donors (Lipinski definition) is 2. The van der Waals surface area contributed by atoms with E-state index in [4.69, 9.17) is 14.8 Å². The van der Waals surface area contributed by atoms with Crippen molar-refractivity contribution in [3.63, 3.8) is 0 Å². The lowest BCUT2D eigenvalue weighted by atomic mass is 10.1. The first-order chi connectivity index (χ1) is 18.5. The van der Waals surface area contributed by atoms with E-state index in [-0.39, 0.29) is 18.4 Å². The Balaban J connectivity index is 1.89. The molecule has 0 saturated carbocycles. The monoisotopic (exact) mass is 553 g/mol. The number of anilines is 1. The van der Waals surface area contributed by atoms with Crippen LogP contribution in [0.2, 0.25) is 0 Å². The summed E-state index contributed by atoms with van der Waals surface area (Å²) < 4.78 is 7.28. The van der Waals surface area contributed by atoms with E-state index < -0.39 is 11.6 Å². The Kier molecular flexibility index (Phi) is 8.15. The fourth-order valence-corrected chi connectivity index (χ4v) is 5.49. The molecule has 2 N–H and O–H groups in total. The van der Waals surface area contributed by atoms with E-state index in [0.29, 0.717) is 39.6 Å². The quantitative estimate of drug-likeness (QED) is 0.303. The van der Waals surface area contributed by atoms with Gasteiger partial charge >= 0.3 is 6.09 Å². The molecule has 2 amide bonds. The van der Waals surface area contributed by atoms with E-state index in [0.717, 1.165) is 40.3 Å². The maximum absolute atomic E-state index is 13.0. The van der Waals surface area contributed by atoms with E-state index in [2.05, 4.69) is 22.2 Å². The number of nitrogens with one attached hydrogen (secondary N) is 1. The van der Waals surface area contributed by atoms with Crippen molar-refractivity contribution in [1.29, 1.82) is 0 Å². The number of thioether (sulfide) groups is 1. The van der Waals surface area contributed by atoms with Crippen molar-refractivity contribution >= 4 is 46.8 Å². The van der Waals surface area contributed by atoms with Crippen LogP contribution >= 0.6 is 11.8 Å². The summed E-state index contributed by atoms with van der Waals surface area (Å²) in [5.74, 6) is 1.03. The van der Waals surface area contributed by atoms with Gasteiger partial charge in [0.05, 0.1) is 30.4 Å². The van der Waals surface area contributed by atoms with E-state index >= 15 is 0 Å². The van der Waals surface area contributed by atoms with E-state index in [9.17, 15) is 14.7 Å². The molecule has 0 spiro atoms. The van der Waals surface area contributed by atoms with Crippen LogP contribution in [0.1, 0.15) is 63.1 Å². The highest BCUT2D eigenvalue weighted by Gasteiger charge is 2.33. The van der Waals surface area contributed by atoms with E-state index in [1.54, 1.807) is 44.8 Å². The third-order valence-corrected chi connectivity index (χ3v) is 7.49. The number of carboxylic acid groups (broad SMARTS) is 1. The fourth-order valence-electron chi connectivity index (χ4n) is 4.49. The molecule has 208 valence electrons. The van der Waals surface area contributed by atoms with Gasteiger partial charge in [-0.25, -0.2) is 19.4 Å². The molecule has 39 heavy (non-hydrogen) atoms. The first-order valence-corrected chi connectivity index (χ1v) is 13.9. The fraction of sp³-hybridized carbons (Fsp3) is 0.481. The Hall–Kier alpha value is -3.67. The highest BCUT2D eigenvalue weighted by molar-refractivity contribution is 7.99. The molecule has 3 aromatic rings. The summed E-state index contributed by atoms with van der Waals surface area (Å²) in [6, 6.07) is 0. The molecule has 0 fully saturated rings. The summed E-state index contributed by atoms with van der Waals surface area (Å²) in [4.78, 5) is 40.4. The third kappa shape index (κ3) is 5.70. The molecule has 3 aromatic heterocycles. The van der Waals surface area contributed by atoms with Gasteiger partial charge in [0.2, 0.25) is 11.9 Å². The maximum Gasteiger partial charge on any atom is 0.414 e. The smallest absolute Gasteiger partial charge is 0.414 e. The number of aromatic nitrogens is 5. The predicted octanol–water partition coefficient (Wildman–Crippen LogP) is 4.58. The molecule has 0 radical (unpaired) electrons. The SMILES string of the molecule is CCCCNC(=O)C1=Cc2nn(Cc3ncc(C)c(OC)c3C)c3nc(N(C(=O)O)C(C)(C)C)nc(c23)SC1. The molecule has 0 aromatic carbocycles. The van der Waals surface area contributed by atoms with Crippen molar-refractivity contribution in [2.75, 3.05) is 24.3 Å². The number of carbonyl (C=O) groups excluding carboxylic acids is 1. The van der Waals surface area contributed by atoms with Gasteiger partial charge in [0.25, 0.3) is 0 Å². The molecule has 0 aliphatic carbocycles. The van der Waals surface area contributed by atoms with E-state index in [1.807, 2.05) is 13.8 Å². The predicted molar refractivity (Wildman–Crippen MR) is 152 cm³/mol. The summed E-state index contributed by atoms with van der Waals surface area (Å²) in [6.07, 6.45) is 4.25. The van der Waals surface area contributed by atoms with Crippen LogP contribution in [-0.4, -0.2) is 66.8 Å². The lowest BCUT2D eigenvalue weighted by Gasteiger charge is -2.31. The minimum absolute atomic E-state index is 0.0553. The van der Waals surface area contributed by atoms with Gasteiger partial charge in [0.1, 0.15) is 10.8 Å². The van der Waals surface area contributed by atoms with Crippen molar-refractivity contribution in [2.45, 2.75) is 71.5 Å². The lowest BCUT2D eigenvalue weighted by Crippen LogP contribution is -2.46. The number of aryl methyl sites for hydroxylation is 1. The highest BCUT2D eigenvalue weighted by Crippen LogP contribution is 2.37. The van der Waals surface area contributed by atoms with Gasteiger partial charge in [-0.2, -0.15) is 10.1 Å². The molecule has 4 heterocycles. The number of nitrogens with zero attached hydrogens (tertiary/aromatic N) is 6. The minimum Gasteiger partial charge on any atom is -0.496 e. The van der Waals surface area contributed by atoms with Crippen LogP contribution in [0.3, 0.4) is 0 Å². The molecule has 1 aliphatic heterocycles. The second-order valence-electron chi connectivity index (χ2n) is 10.5. The van der Waals surface area contributed by atoms with Crippen LogP contribution < -0.4 is 15.0 Å². The van der Waals surface area contributed by atoms with Crippen LogP contribution in [-0.2, 0) is 11.3 Å². The number of hydrogen-bond acceptors (Lipinski definition) is 8. The van der Waals surface area contributed by atoms with Crippen LogP contribution in [0.15, 0.2) is 16.8 Å². The zero-order chi connectivity index (χ0) is 28.5. The summed E-state index contributed by atoms with van der Waals surface area (Å²) in [6.45, 7) is 12.2. The minimum atomic E-state index is -1.16. The third-order valence-electron chi connectivity index (χ3n) is 6.47. The maximum atomic E-state index is 13.0. The van der Waals surface area contributed by atoms with Gasteiger partial charge < -0.3 is 15.2 Å². The molecule has 0 saturated heterocycles. The number of ether oxygens (including phenoxy) is 1. The summed E-state index contributed by atoms with van der Waals surface area (Å²) in [5, 5.41) is 19.1. The van der Waals surface area contributed by atoms with Crippen molar-refractivity contribution in [1.82, 2.24) is 30.0 Å². The topological polar surface area (TPSA) is 135 Å². The number of unbranched alkanes of at least 4 members (excludes halogenated alkanes) is 1. The van der Waals surface area contributed by atoms with Crippen LogP contribution in [0, 0.1) is 13.8 Å². The van der Waals surface area contributed by atoms with Gasteiger partial charge in [0, 0.05) is 40.7 Å². The molecule has 1 aliphatic rings. The molecule has 4 rings (SSSR count). The van der Waals surface area contributed by atoms with Gasteiger partial charge in [-0.3, -0.25) is 9.78 Å². The molecular formula is C27H35N7O4S. The number of rotatable bonds is 8. The zero-order valence-electron chi connectivity index (χ0n) is 23.5. The molecule has 0 bridgehead atoms. The zero-order valence-corrected chi connectivity index (χ0v) is 24.3. The lowest BCUT2D eigenvalue weighted by molar-refractivity contribution is -0.117. The Morgan fingerprint density at radius 2 is 2.00 bits per heavy atom. The normalized spacial score (nSPS) is 13.2. The van der Waals surface area contributed by atoms with Crippen molar-refractivity contribution in [3.05, 3.63) is 34.3 Å². The van der Waals surface area contributed by atoms with Gasteiger partial charge in [-0.1, -0.05) is 13.3 Å². The summed E-state index contributed by atoms with van der Waals surface area (Å²) in [5.41, 5.74) is 3.36. The number of pyridine rings is 1. The Morgan fingerprint density at radius 1 is 1.26 bits per heavy atom. The Bertz CT molecular complexity index is 1460.